The highest BCUT2D eigenvalue weighted by molar-refractivity contribution is 7.10. The summed E-state index contributed by atoms with van der Waals surface area (Å²) in [6, 6.07) is 9.85. The number of pyridine rings is 1. The van der Waals surface area contributed by atoms with E-state index in [1.807, 2.05) is 11.3 Å². The van der Waals surface area contributed by atoms with Gasteiger partial charge in [0.05, 0.1) is 11.7 Å². The summed E-state index contributed by atoms with van der Waals surface area (Å²) < 4.78 is 0. The molecule has 4 rings (SSSR count). The summed E-state index contributed by atoms with van der Waals surface area (Å²) in [7, 11) is 0. The molecule has 0 aromatic carbocycles. The second-order valence-electron chi connectivity index (χ2n) is 6.06. The molecular weight excluding hydrogens is 278 g/mol. The molecule has 2 aliphatic rings. The second kappa shape index (κ2) is 5.43. The van der Waals surface area contributed by atoms with Crippen molar-refractivity contribution >= 4 is 17.2 Å². The van der Waals surface area contributed by atoms with E-state index in [2.05, 4.69) is 46.8 Å². The number of thiophene rings is 1. The molecule has 0 radical (unpaired) electrons. The van der Waals surface area contributed by atoms with Gasteiger partial charge in [-0.2, -0.15) is 0 Å². The fourth-order valence-electron chi connectivity index (χ4n) is 3.08. The van der Waals surface area contributed by atoms with Crippen molar-refractivity contribution in [1.82, 2.24) is 10.3 Å². The minimum Gasteiger partial charge on any atom is -0.349 e. The first-order valence-electron chi connectivity index (χ1n) is 7.83. The highest BCUT2D eigenvalue weighted by Gasteiger charge is 2.26. The quantitative estimate of drug-likeness (QED) is 0.936. The molecule has 110 valence electrons. The van der Waals surface area contributed by atoms with E-state index >= 15 is 0 Å². The number of fused-ring (bicyclic) bond motifs is 1. The molecule has 3 heterocycles. The van der Waals surface area contributed by atoms with Crippen molar-refractivity contribution in [3.63, 3.8) is 0 Å². The van der Waals surface area contributed by atoms with Crippen LogP contribution < -0.4 is 10.2 Å². The van der Waals surface area contributed by atoms with Gasteiger partial charge in [-0.1, -0.05) is 6.07 Å². The maximum absolute atomic E-state index is 4.87. The van der Waals surface area contributed by atoms with Gasteiger partial charge in [0.25, 0.3) is 0 Å². The molecule has 3 nitrogen and oxygen atoms in total. The number of anilines is 1. The van der Waals surface area contributed by atoms with Crippen molar-refractivity contribution in [2.45, 2.75) is 44.8 Å². The smallest absolute Gasteiger partial charge is 0.129 e. The number of hydrogen-bond donors (Lipinski definition) is 1. The molecule has 0 saturated heterocycles. The van der Waals surface area contributed by atoms with Gasteiger partial charge in [-0.25, -0.2) is 4.98 Å². The average molecular weight is 299 g/mol. The highest BCUT2D eigenvalue weighted by atomic mass is 32.1. The summed E-state index contributed by atoms with van der Waals surface area (Å²) in [6.07, 6.45) is 3.79. The molecule has 1 aliphatic carbocycles. The van der Waals surface area contributed by atoms with Crippen LogP contribution in [0.4, 0.5) is 5.82 Å². The Morgan fingerprint density at radius 2 is 2.24 bits per heavy atom. The monoisotopic (exact) mass is 299 g/mol. The fraction of sp³-hybridized carbons (Fsp3) is 0.471. The van der Waals surface area contributed by atoms with E-state index in [4.69, 9.17) is 4.98 Å². The molecule has 1 aliphatic heterocycles. The first-order valence-corrected chi connectivity index (χ1v) is 8.71. The fourth-order valence-corrected chi connectivity index (χ4v) is 4.05. The lowest BCUT2D eigenvalue weighted by Crippen LogP contribution is -2.34. The van der Waals surface area contributed by atoms with Crippen molar-refractivity contribution in [1.29, 1.82) is 0 Å². The SMILES string of the molecule is CC1c2ccsc2CCN1c1cccc(CNC2CC2)n1. The molecule has 0 bridgehead atoms. The highest BCUT2D eigenvalue weighted by Crippen LogP contribution is 2.35. The molecule has 4 heteroatoms. The van der Waals surface area contributed by atoms with Crippen LogP contribution in [0, 0.1) is 0 Å². The lowest BCUT2D eigenvalue weighted by molar-refractivity contribution is 0.619. The van der Waals surface area contributed by atoms with E-state index in [9.17, 15) is 0 Å². The molecule has 1 N–H and O–H groups in total. The van der Waals surface area contributed by atoms with Crippen LogP contribution in [0.25, 0.3) is 0 Å². The molecule has 0 amide bonds. The number of nitrogens with one attached hydrogen (secondary N) is 1. The predicted molar refractivity (Wildman–Crippen MR) is 87.9 cm³/mol. The zero-order valence-corrected chi connectivity index (χ0v) is 13.2. The molecule has 2 aromatic heterocycles. The van der Waals surface area contributed by atoms with E-state index in [1.165, 1.54) is 18.4 Å². The lowest BCUT2D eigenvalue weighted by atomic mass is 10.0. The second-order valence-corrected chi connectivity index (χ2v) is 7.06. The van der Waals surface area contributed by atoms with Crippen LogP contribution in [-0.4, -0.2) is 17.6 Å². The van der Waals surface area contributed by atoms with Crippen LogP contribution in [0.3, 0.4) is 0 Å². The standard InChI is InChI=1S/C17H21N3S/c1-12-15-8-10-21-16(15)7-9-20(12)17-4-2-3-14(19-17)11-18-13-5-6-13/h2-4,8,10,12-13,18H,5-7,9,11H2,1H3. The first kappa shape index (κ1) is 13.3. The Morgan fingerprint density at radius 1 is 1.33 bits per heavy atom. The van der Waals surface area contributed by atoms with Crippen LogP contribution in [0.5, 0.6) is 0 Å². The minimum absolute atomic E-state index is 0.430. The van der Waals surface area contributed by atoms with E-state index in [0.29, 0.717) is 6.04 Å². The maximum Gasteiger partial charge on any atom is 0.129 e. The molecule has 21 heavy (non-hydrogen) atoms. The van der Waals surface area contributed by atoms with Crippen molar-refractivity contribution in [3.05, 3.63) is 45.8 Å². The van der Waals surface area contributed by atoms with E-state index in [0.717, 1.165) is 37.1 Å². The van der Waals surface area contributed by atoms with E-state index in [1.54, 1.807) is 4.88 Å². The Labute approximate surface area is 130 Å². The van der Waals surface area contributed by atoms with Crippen molar-refractivity contribution in [2.75, 3.05) is 11.4 Å². The molecule has 1 atom stereocenters. The minimum atomic E-state index is 0.430. The van der Waals surface area contributed by atoms with Gasteiger partial charge >= 0.3 is 0 Å². The lowest BCUT2D eigenvalue weighted by Gasteiger charge is -2.34. The number of aromatic nitrogens is 1. The molecule has 1 fully saturated rings. The summed E-state index contributed by atoms with van der Waals surface area (Å²) in [4.78, 5) is 8.86. The van der Waals surface area contributed by atoms with Gasteiger partial charge in [-0.3, -0.25) is 0 Å². The van der Waals surface area contributed by atoms with Crippen LogP contribution in [0.15, 0.2) is 29.6 Å². The Bertz CT molecular complexity index is 632. The summed E-state index contributed by atoms with van der Waals surface area (Å²) in [6.45, 7) is 4.26. The molecule has 1 saturated carbocycles. The van der Waals surface area contributed by atoms with E-state index in [-0.39, 0.29) is 0 Å². The first-order chi connectivity index (χ1) is 10.3. The normalized spacial score (nSPS) is 21.4. The third-order valence-electron chi connectivity index (χ3n) is 4.51. The summed E-state index contributed by atoms with van der Waals surface area (Å²) in [5, 5.41) is 5.76. The van der Waals surface area contributed by atoms with Crippen LogP contribution >= 0.6 is 11.3 Å². The van der Waals surface area contributed by atoms with E-state index < -0.39 is 0 Å². The summed E-state index contributed by atoms with van der Waals surface area (Å²) >= 11 is 1.89. The Balaban J connectivity index is 1.54. The van der Waals surface area contributed by atoms with Crippen molar-refractivity contribution < 1.29 is 0 Å². The molecular formula is C17H21N3S. The summed E-state index contributed by atoms with van der Waals surface area (Å²) in [5.41, 5.74) is 2.64. The zero-order valence-electron chi connectivity index (χ0n) is 12.4. The van der Waals surface area contributed by atoms with Gasteiger partial charge < -0.3 is 10.2 Å². The van der Waals surface area contributed by atoms with Gasteiger partial charge in [0.1, 0.15) is 5.82 Å². The Hall–Kier alpha value is -1.39. The average Bonchev–Trinajstić information content (AvgIpc) is 3.21. The predicted octanol–water partition coefficient (Wildman–Crippen LogP) is 3.52. The van der Waals surface area contributed by atoms with Gasteiger partial charge in [0, 0.05) is 24.0 Å². The molecule has 1 unspecified atom stereocenters. The number of hydrogen-bond acceptors (Lipinski definition) is 4. The van der Waals surface area contributed by atoms with Gasteiger partial charge in [0.15, 0.2) is 0 Å². The van der Waals surface area contributed by atoms with Crippen molar-refractivity contribution in [3.8, 4) is 0 Å². The zero-order chi connectivity index (χ0) is 14.2. The van der Waals surface area contributed by atoms with Gasteiger partial charge in [-0.15, -0.1) is 11.3 Å². The van der Waals surface area contributed by atoms with Crippen molar-refractivity contribution in [2.24, 2.45) is 0 Å². The topological polar surface area (TPSA) is 28.2 Å². The Morgan fingerprint density at radius 3 is 3.10 bits per heavy atom. The van der Waals surface area contributed by atoms with Crippen LogP contribution in [-0.2, 0) is 13.0 Å². The number of rotatable bonds is 4. The number of nitrogens with zero attached hydrogens (tertiary/aromatic N) is 2. The maximum atomic E-state index is 4.87. The van der Waals surface area contributed by atoms with Crippen LogP contribution in [0.2, 0.25) is 0 Å². The third-order valence-corrected chi connectivity index (χ3v) is 5.51. The molecule has 2 aromatic rings. The molecule has 0 spiro atoms. The van der Waals surface area contributed by atoms with Gasteiger partial charge in [0.2, 0.25) is 0 Å². The van der Waals surface area contributed by atoms with Gasteiger partial charge in [-0.05, 0) is 55.3 Å². The largest absolute Gasteiger partial charge is 0.349 e. The summed E-state index contributed by atoms with van der Waals surface area (Å²) in [5.74, 6) is 1.12. The third kappa shape index (κ3) is 2.70. The van der Waals surface area contributed by atoms with Crippen LogP contribution in [0.1, 0.15) is 41.9 Å². The Kier molecular flexibility index (Phi) is 3.43.